The number of hydrogen-bond donors (Lipinski definition) is 2. The second-order valence-corrected chi connectivity index (χ2v) is 4.60. The molecule has 0 aliphatic heterocycles. The molecule has 0 saturated carbocycles. The van der Waals surface area contributed by atoms with Gasteiger partial charge in [0.1, 0.15) is 0 Å². The van der Waals surface area contributed by atoms with Gasteiger partial charge >= 0.3 is 0 Å². The number of rotatable bonds is 4. The maximum Gasteiger partial charge on any atom is 0.271 e. The number of allylic oxidation sites excluding steroid dienone is 1. The molecule has 0 aliphatic rings. The summed E-state index contributed by atoms with van der Waals surface area (Å²) >= 11 is 0. The van der Waals surface area contributed by atoms with Crippen molar-refractivity contribution in [2.45, 2.75) is 0 Å². The zero-order valence-corrected chi connectivity index (χ0v) is 11.7. The number of carbonyl (C=O) groups excluding carboxylic acids is 1. The molecule has 2 aromatic heterocycles. The second-order valence-electron chi connectivity index (χ2n) is 4.60. The highest BCUT2D eigenvalue weighted by Gasteiger charge is 2.01. The van der Waals surface area contributed by atoms with Crippen LogP contribution < -0.4 is 5.43 Å². The van der Waals surface area contributed by atoms with Crippen LogP contribution in [0.4, 0.5) is 0 Å². The van der Waals surface area contributed by atoms with E-state index in [4.69, 9.17) is 0 Å². The lowest BCUT2D eigenvalue weighted by atomic mass is 10.2. The minimum Gasteiger partial charge on any atom is -0.361 e. The van der Waals surface area contributed by atoms with Gasteiger partial charge in [0.15, 0.2) is 0 Å². The van der Waals surface area contributed by atoms with Gasteiger partial charge < -0.3 is 4.98 Å². The van der Waals surface area contributed by atoms with E-state index in [0.717, 1.165) is 16.5 Å². The third-order valence-corrected chi connectivity index (χ3v) is 3.17. The van der Waals surface area contributed by atoms with Gasteiger partial charge in [-0.1, -0.05) is 24.3 Å². The molecule has 0 saturated heterocycles. The molecule has 0 unspecified atom stereocenters. The molecular weight excluding hydrogens is 276 g/mol. The fourth-order valence-corrected chi connectivity index (χ4v) is 2.09. The second kappa shape index (κ2) is 6.49. The summed E-state index contributed by atoms with van der Waals surface area (Å²) in [5, 5.41) is 5.03. The topological polar surface area (TPSA) is 70.1 Å². The summed E-state index contributed by atoms with van der Waals surface area (Å²) in [6, 6.07) is 11.3. The number of carbonyl (C=O) groups is 1. The van der Waals surface area contributed by atoms with Crippen molar-refractivity contribution in [3.63, 3.8) is 0 Å². The van der Waals surface area contributed by atoms with E-state index in [2.05, 4.69) is 20.5 Å². The van der Waals surface area contributed by atoms with E-state index in [1.807, 2.05) is 36.5 Å². The number of nitrogens with one attached hydrogen (secondary N) is 2. The fourth-order valence-electron chi connectivity index (χ4n) is 2.09. The quantitative estimate of drug-likeness (QED) is 0.573. The molecule has 22 heavy (non-hydrogen) atoms. The first-order chi connectivity index (χ1) is 10.8. The van der Waals surface area contributed by atoms with Gasteiger partial charge in [-0.05, 0) is 29.8 Å². The third-order valence-electron chi connectivity index (χ3n) is 3.17. The summed E-state index contributed by atoms with van der Waals surface area (Å²) < 4.78 is 0. The van der Waals surface area contributed by atoms with Crippen molar-refractivity contribution in [1.29, 1.82) is 0 Å². The van der Waals surface area contributed by atoms with Gasteiger partial charge in [-0.2, -0.15) is 5.10 Å². The van der Waals surface area contributed by atoms with Crippen LogP contribution in [0.25, 0.3) is 17.0 Å². The lowest BCUT2D eigenvalue weighted by Gasteiger charge is -1.97. The SMILES string of the molecule is O=C(NN=CC=Cc1c[nH]c2ccccc12)c1ccncc1. The number of hydrazone groups is 1. The number of aromatic amines is 1. The average Bonchev–Trinajstić information content (AvgIpc) is 2.98. The molecule has 0 aliphatic carbocycles. The Bertz CT molecular complexity index is 834. The van der Waals surface area contributed by atoms with Crippen LogP contribution in [0.5, 0.6) is 0 Å². The number of nitrogens with zero attached hydrogens (tertiary/aromatic N) is 2. The van der Waals surface area contributed by atoms with E-state index in [9.17, 15) is 4.79 Å². The first-order valence-electron chi connectivity index (χ1n) is 6.81. The van der Waals surface area contributed by atoms with Crippen LogP contribution in [0.3, 0.4) is 0 Å². The molecule has 3 rings (SSSR count). The van der Waals surface area contributed by atoms with Gasteiger partial charge in [0, 0.05) is 41.3 Å². The van der Waals surface area contributed by atoms with Gasteiger partial charge in [0.2, 0.25) is 0 Å². The number of para-hydroxylation sites is 1. The lowest BCUT2D eigenvalue weighted by Crippen LogP contribution is -2.17. The Morgan fingerprint density at radius 1 is 1.18 bits per heavy atom. The van der Waals surface area contributed by atoms with Crippen molar-refractivity contribution in [1.82, 2.24) is 15.4 Å². The zero-order valence-electron chi connectivity index (χ0n) is 11.7. The highest BCUT2D eigenvalue weighted by Crippen LogP contribution is 2.18. The van der Waals surface area contributed by atoms with Crippen LogP contribution in [-0.4, -0.2) is 22.1 Å². The molecule has 1 aromatic carbocycles. The molecule has 0 fully saturated rings. The summed E-state index contributed by atoms with van der Waals surface area (Å²) in [7, 11) is 0. The lowest BCUT2D eigenvalue weighted by molar-refractivity contribution is 0.0955. The Labute approximate surface area is 127 Å². The number of H-pyrrole nitrogens is 1. The Morgan fingerprint density at radius 2 is 2.00 bits per heavy atom. The molecule has 108 valence electrons. The van der Waals surface area contributed by atoms with Crippen molar-refractivity contribution in [2.24, 2.45) is 5.10 Å². The number of aromatic nitrogens is 2. The van der Waals surface area contributed by atoms with Crippen molar-refractivity contribution in [2.75, 3.05) is 0 Å². The molecule has 5 heteroatoms. The third kappa shape index (κ3) is 3.09. The number of pyridine rings is 1. The molecule has 0 radical (unpaired) electrons. The van der Waals surface area contributed by atoms with Crippen LogP contribution in [0.1, 0.15) is 15.9 Å². The largest absolute Gasteiger partial charge is 0.361 e. The summed E-state index contributed by atoms with van der Waals surface area (Å²) in [6.07, 6.45) is 10.3. The van der Waals surface area contributed by atoms with E-state index in [1.165, 1.54) is 0 Å². The van der Waals surface area contributed by atoms with E-state index in [0.29, 0.717) is 5.56 Å². The van der Waals surface area contributed by atoms with E-state index >= 15 is 0 Å². The maximum atomic E-state index is 11.7. The molecule has 5 nitrogen and oxygen atoms in total. The Hall–Kier alpha value is -3.21. The van der Waals surface area contributed by atoms with Crippen LogP contribution in [0.2, 0.25) is 0 Å². The number of amides is 1. The van der Waals surface area contributed by atoms with E-state index in [1.54, 1.807) is 36.8 Å². The molecular formula is C17H14N4O. The van der Waals surface area contributed by atoms with Crippen molar-refractivity contribution in [3.05, 3.63) is 72.2 Å². The first kappa shape index (κ1) is 13.8. The molecule has 3 aromatic rings. The van der Waals surface area contributed by atoms with Gasteiger partial charge in [0.05, 0.1) is 0 Å². The number of fused-ring (bicyclic) bond motifs is 1. The highest BCUT2D eigenvalue weighted by atomic mass is 16.2. The van der Waals surface area contributed by atoms with Crippen molar-refractivity contribution >= 4 is 29.1 Å². The van der Waals surface area contributed by atoms with Gasteiger partial charge in [0.25, 0.3) is 5.91 Å². The predicted octanol–water partition coefficient (Wildman–Crippen LogP) is 2.99. The molecule has 1 amide bonds. The van der Waals surface area contributed by atoms with Crippen LogP contribution in [0, 0.1) is 0 Å². The zero-order chi connectivity index (χ0) is 15.2. The standard InChI is InChI=1S/C17H14N4O/c22-17(13-7-10-18-11-8-13)21-20-9-3-4-14-12-19-16-6-2-1-5-15(14)16/h1-12,19H,(H,21,22). The Kier molecular flexibility index (Phi) is 4.06. The van der Waals surface area contributed by atoms with Crippen LogP contribution in [-0.2, 0) is 0 Å². The maximum absolute atomic E-state index is 11.7. The first-order valence-corrected chi connectivity index (χ1v) is 6.81. The minimum absolute atomic E-state index is 0.265. The predicted molar refractivity (Wildman–Crippen MR) is 87.5 cm³/mol. The molecule has 0 spiro atoms. The fraction of sp³-hybridized carbons (Fsp3) is 0. The van der Waals surface area contributed by atoms with E-state index < -0.39 is 0 Å². The summed E-state index contributed by atoms with van der Waals surface area (Å²) in [4.78, 5) is 18.8. The number of benzene rings is 1. The normalized spacial score (nSPS) is 11.5. The number of hydrogen-bond acceptors (Lipinski definition) is 3. The van der Waals surface area contributed by atoms with Gasteiger partial charge in [-0.15, -0.1) is 0 Å². The van der Waals surface area contributed by atoms with Crippen LogP contribution >= 0.6 is 0 Å². The Balaban J connectivity index is 1.61. The van der Waals surface area contributed by atoms with Crippen LogP contribution in [0.15, 0.2) is 66.2 Å². The monoisotopic (exact) mass is 290 g/mol. The average molecular weight is 290 g/mol. The van der Waals surface area contributed by atoms with E-state index in [-0.39, 0.29) is 5.91 Å². The Morgan fingerprint density at radius 3 is 2.86 bits per heavy atom. The molecule has 2 heterocycles. The molecule has 0 bridgehead atoms. The molecule has 0 atom stereocenters. The summed E-state index contributed by atoms with van der Waals surface area (Å²) in [5.41, 5.74) is 5.14. The highest BCUT2D eigenvalue weighted by molar-refractivity contribution is 5.95. The smallest absolute Gasteiger partial charge is 0.271 e. The molecule has 2 N–H and O–H groups in total. The van der Waals surface area contributed by atoms with Gasteiger partial charge in [-0.25, -0.2) is 5.43 Å². The van der Waals surface area contributed by atoms with Gasteiger partial charge in [-0.3, -0.25) is 9.78 Å². The van der Waals surface area contributed by atoms with Crippen molar-refractivity contribution < 1.29 is 4.79 Å². The summed E-state index contributed by atoms with van der Waals surface area (Å²) in [5.74, 6) is -0.265. The minimum atomic E-state index is -0.265. The van der Waals surface area contributed by atoms with Crippen molar-refractivity contribution in [3.8, 4) is 0 Å². The summed E-state index contributed by atoms with van der Waals surface area (Å²) in [6.45, 7) is 0.